The van der Waals surface area contributed by atoms with Gasteiger partial charge in [-0.25, -0.2) is 4.57 Å². The first-order chi connectivity index (χ1) is 16.2. The van der Waals surface area contributed by atoms with E-state index in [-0.39, 0.29) is 18.9 Å². The predicted molar refractivity (Wildman–Crippen MR) is 137 cm³/mol. The number of fused-ring (bicyclic) bond motifs is 2. The number of rotatable bonds is 7. The van der Waals surface area contributed by atoms with Crippen molar-refractivity contribution in [3.8, 4) is 11.5 Å². The molecule has 2 atom stereocenters. The van der Waals surface area contributed by atoms with Gasteiger partial charge in [0.2, 0.25) is 0 Å². The number of benzene rings is 2. The molecule has 2 saturated heterocycles. The molecule has 7 nitrogen and oxygen atoms in total. The molecule has 2 aliphatic rings. The zero-order chi connectivity index (χ0) is 24.4. The van der Waals surface area contributed by atoms with Crippen LogP contribution in [0.15, 0.2) is 60.7 Å². The third-order valence-corrected chi connectivity index (χ3v) is 8.59. The summed E-state index contributed by atoms with van der Waals surface area (Å²) in [5.74, 6) is 1.06. The Morgan fingerprint density at radius 1 is 0.941 bits per heavy atom. The highest BCUT2D eigenvalue weighted by Crippen LogP contribution is 2.57. The molecule has 2 bridgehead atoms. The number of hydrogen-bond donors (Lipinski definition) is 1. The smallest absolute Gasteiger partial charge is 0.404 e. The van der Waals surface area contributed by atoms with Crippen molar-refractivity contribution >= 4 is 30.9 Å². The predicted octanol–water partition coefficient (Wildman–Crippen LogP) is 4.75. The zero-order valence-electron chi connectivity index (χ0n) is 19.9. The summed E-state index contributed by atoms with van der Waals surface area (Å²) in [5, 5.41) is 3.93. The maximum Gasteiger partial charge on any atom is 0.515 e. The molecule has 2 fully saturated rings. The summed E-state index contributed by atoms with van der Waals surface area (Å²) < 4.78 is 28.3. The summed E-state index contributed by atoms with van der Waals surface area (Å²) in [5.41, 5.74) is -1.56. The monoisotopic (exact) mass is 501 g/mol. The summed E-state index contributed by atoms with van der Waals surface area (Å²) in [4.78, 5) is 15.6. The summed E-state index contributed by atoms with van der Waals surface area (Å²) >= 11 is 5.62. The molecule has 0 amide bonds. The van der Waals surface area contributed by atoms with Crippen LogP contribution in [0.4, 0.5) is 0 Å². The van der Waals surface area contributed by atoms with Gasteiger partial charge < -0.3 is 19.3 Å². The Kier molecular flexibility index (Phi) is 7.04. The molecule has 0 aromatic heterocycles. The van der Waals surface area contributed by atoms with Crippen molar-refractivity contribution in [3.63, 3.8) is 0 Å². The summed E-state index contributed by atoms with van der Waals surface area (Å²) in [6.45, 7) is 8.09. The van der Waals surface area contributed by atoms with E-state index in [0.29, 0.717) is 29.7 Å². The number of carbonyl (C=O) groups excluding carboxylic acids is 1. The van der Waals surface area contributed by atoms with E-state index in [1.54, 1.807) is 28.9 Å². The largest absolute Gasteiger partial charge is 0.515 e. The molecule has 0 aliphatic carbocycles. The first-order valence-corrected chi connectivity index (χ1v) is 13.5. The first kappa shape index (κ1) is 24.7. The number of nitrogens with zero attached hydrogens (tertiary/aromatic N) is 2. The Morgan fingerprint density at radius 3 is 1.85 bits per heavy atom. The van der Waals surface area contributed by atoms with Crippen LogP contribution in [-0.2, 0) is 9.36 Å². The minimum atomic E-state index is -3.85. The topological polar surface area (TPSA) is 71.1 Å². The van der Waals surface area contributed by atoms with Crippen molar-refractivity contribution in [1.29, 1.82) is 0 Å². The van der Waals surface area contributed by atoms with Crippen molar-refractivity contribution in [3.05, 3.63) is 60.7 Å². The Bertz CT molecular complexity index is 1020. The van der Waals surface area contributed by atoms with Gasteiger partial charge in [0.25, 0.3) is 0 Å². The number of para-hydroxylation sites is 2. The fraction of sp³-hybridized carbons (Fsp3) is 0.440. The lowest BCUT2D eigenvalue weighted by Crippen LogP contribution is -2.69. The molecule has 34 heavy (non-hydrogen) atoms. The number of Topliss-reactive ketones (excluding diaryl/α,β-unsaturated/α-hetero) is 1. The molecular formula is C25H32N3O4PS. The van der Waals surface area contributed by atoms with Crippen LogP contribution < -0.4 is 14.4 Å². The lowest BCUT2D eigenvalue weighted by Gasteiger charge is -2.55. The van der Waals surface area contributed by atoms with Gasteiger partial charge in [-0.15, -0.1) is 0 Å². The van der Waals surface area contributed by atoms with E-state index in [1.165, 1.54) is 0 Å². The summed E-state index contributed by atoms with van der Waals surface area (Å²) in [7, 11) is -3.85. The SMILES string of the molecule is CCCNC(=S)N1C[C@@]2(C)CN(P(=O)(Oc3ccccc3)Oc3ccccc3)C[C@@](C)(C1)C2=O. The van der Waals surface area contributed by atoms with Crippen LogP contribution in [0, 0.1) is 10.8 Å². The molecule has 0 saturated carbocycles. The van der Waals surface area contributed by atoms with Crippen molar-refractivity contribution < 1.29 is 18.4 Å². The number of carbonyl (C=O) groups is 1. The molecule has 2 aromatic carbocycles. The van der Waals surface area contributed by atoms with Crippen LogP contribution in [0.5, 0.6) is 11.5 Å². The van der Waals surface area contributed by atoms with E-state index in [9.17, 15) is 9.36 Å². The highest BCUT2D eigenvalue weighted by molar-refractivity contribution is 7.80. The second-order valence-electron chi connectivity index (χ2n) is 9.64. The second-order valence-corrected chi connectivity index (χ2v) is 11.9. The molecule has 2 heterocycles. The van der Waals surface area contributed by atoms with E-state index < -0.39 is 18.6 Å². The van der Waals surface area contributed by atoms with E-state index in [1.807, 2.05) is 50.2 Å². The lowest BCUT2D eigenvalue weighted by atomic mass is 9.65. The van der Waals surface area contributed by atoms with E-state index in [0.717, 1.165) is 13.0 Å². The molecular weight excluding hydrogens is 469 g/mol. The lowest BCUT2D eigenvalue weighted by molar-refractivity contribution is -0.151. The van der Waals surface area contributed by atoms with Gasteiger partial charge in [-0.2, -0.15) is 4.67 Å². The zero-order valence-corrected chi connectivity index (χ0v) is 21.6. The van der Waals surface area contributed by atoms with Crippen LogP contribution >= 0.6 is 20.0 Å². The van der Waals surface area contributed by atoms with Crippen LogP contribution in [0.25, 0.3) is 0 Å². The van der Waals surface area contributed by atoms with Crippen LogP contribution in [0.1, 0.15) is 27.2 Å². The highest BCUT2D eigenvalue weighted by atomic mass is 32.1. The van der Waals surface area contributed by atoms with Crippen LogP contribution in [-0.4, -0.2) is 53.2 Å². The Labute approximate surface area is 207 Å². The van der Waals surface area contributed by atoms with Crippen molar-refractivity contribution in [1.82, 2.24) is 14.9 Å². The molecule has 9 heteroatoms. The van der Waals surface area contributed by atoms with Gasteiger partial charge in [0.05, 0.1) is 10.8 Å². The molecule has 2 aliphatic heterocycles. The van der Waals surface area contributed by atoms with E-state index in [2.05, 4.69) is 17.1 Å². The number of piperidine rings is 2. The third-order valence-electron chi connectivity index (χ3n) is 6.33. The number of hydrogen-bond acceptors (Lipinski definition) is 5. The summed E-state index contributed by atoms with van der Waals surface area (Å²) in [6.07, 6.45) is 0.964. The third kappa shape index (κ3) is 4.99. The molecule has 0 radical (unpaired) electrons. The van der Waals surface area contributed by atoms with Crippen LogP contribution in [0.2, 0.25) is 0 Å². The van der Waals surface area contributed by atoms with Gasteiger partial charge in [-0.3, -0.25) is 4.79 Å². The van der Waals surface area contributed by atoms with Crippen molar-refractivity contribution in [2.75, 3.05) is 32.7 Å². The molecule has 182 valence electrons. The quantitative estimate of drug-likeness (QED) is 0.431. The molecule has 1 N–H and O–H groups in total. The summed E-state index contributed by atoms with van der Waals surface area (Å²) in [6, 6.07) is 18.0. The Balaban J connectivity index is 1.65. The number of nitrogens with one attached hydrogen (secondary N) is 1. The molecule has 4 rings (SSSR count). The van der Waals surface area contributed by atoms with Crippen molar-refractivity contribution in [2.24, 2.45) is 10.8 Å². The molecule has 0 unspecified atom stereocenters. The Hall–Kier alpha value is -2.41. The minimum absolute atomic E-state index is 0.164. The molecule has 0 spiro atoms. The number of thiocarbonyl (C=S) groups is 1. The van der Waals surface area contributed by atoms with Gasteiger partial charge >= 0.3 is 7.75 Å². The molecule has 2 aromatic rings. The number of ketones is 1. The second kappa shape index (κ2) is 9.68. The fourth-order valence-electron chi connectivity index (χ4n) is 4.90. The number of likely N-dealkylation sites (tertiary alicyclic amines) is 1. The maximum absolute atomic E-state index is 14.4. The van der Waals surface area contributed by atoms with E-state index in [4.69, 9.17) is 21.3 Å². The van der Waals surface area contributed by atoms with Gasteiger partial charge in [0.15, 0.2) is 10.9 Å². The highest BCUT2D eigenvalue weighted by Gasteiger charge is 2.60. The van der Waals surface area contributed by atoms with Crippen molar-refractivity contribution in [2.45, 2.75) is 27.2 Å². The Morgan fingerprint density at radius 2 is 1.41 bits per heavy atom. The fourth-order valence-corrected chi connectivity index (χ4v) is 7.15. The van der Waals surface area contributed by atoms with Gasteiger partial charge in [0, 0.05) is 32.7 Å². The minimum Gasteiger partial charge on any atom is -0.404 e. The maximum atomic E-state index is 14.4. The first-order valence-electron chi connectivity index (χ1n) is 11.6. The average molecular weight is 502 g/mol. The van der Waals surface area contributed by atoms with Crippen LogP contribution in [0.3, 0.4) is 0 Å². The van der Waals surface area contributed by atoms with Gasteiger partial charge in [-0.1, -0.05) is 43.3 Å². The average Bonchev–Trinajstić information content (AvgIpc) is 2.80. The van der Waals surface area contributed by atoms with Gasteiger partial charge in [-0.05, 0) is 56.8 Å². The normalized spacial score (nSPS) is 25.0. The van der Waals surface area contributed by atoms with Gasteiger partial charge in [0.1, 0.15) is 11.5 Å². The van der Waals surface area contributed by atoms with E-state index >= 15 is 0 Å². The standard InChI is InChI=1S/C25H32N3O4PS/c1-4-15-26-23(34)27-16-24(2)18-28(19-25(3,17-27)22(24)29)33(30,31-20-11-7-5-8-12-20)32-21-13-9-6-10-14-21/h5-14H,4,15-19H2,1-3H3,(H,26,34)/t24-,25+.